The summed E-state index contributed by atoms with van der Waals surface area (Å²) >= 11 is 1.17. The minimum Gasteiger partial charge on any atom is -0.384 e. The Morgan fingerprint density at radius 2 is 2.38 bits per heavy atom. The van der Waals surface area contributed by atoms with Crippen LogP contribution in [0.15, 0.2) is 27.9 Å². The van der Waals surface area contributed by atoms with E-state index in [2.05, 4.69) is 14.9 Å². The number of rotatable bonds is 4. The van der Waals surface area contributed by atoms with Gasteiger partial charge in [0, 0.05) is 12.1 Å². The van der Waals surface area contributed by atoms with Crippen molar-refractivity contribution in [1.29, 1.82) is 0 Å². The third kappa shape index (κ3) is 2.23. The van der Waals surface area contributed by atoms with Crippen molar-refractivity contribution in [3.8, 4) is 0 Å². The molecule has 0 amide bonds. The van der Waals surface area contributed by atoms with Gasteiger partial charge in [-0.05, 0) is 11.4 Å². The molecule has 0 fully saturated rings. The van der Waals surface area contributed by atoms with Gasteiger partial charge in [0.15, 0.2) is 0 Å². The second-order valence-electron chi connectivity index (χ2n) is 3.07. The third-order valence-corrected chi connectivity index (χ3v) is 4.76. The van der Waals surface area contributed by atoms with E-state index in [4.69, 9.17) is 5.73 Å². The van der Waals surface area contributed by atoms with Crippen LogP contribution >= 0.6 is 11.3 Å². The molecule has 0 aliphatic rings. The van der Waals surface area contributed by atoms with Crippen molar-refractivity contribution in [3.63, 3.8) is 0 Å². The lowest BCUT2D eigenvalue weighted by Gasteiger charge is -2.03. The van der Waals surface area contributed by atoms with Crippen LogP contribution in [0.4, 0.5) is 5.82 Å². The Morgan fingerprint density at radius 1 is 1.56 bits per heavy atom. The Kier molecular flexibility index (Phi) is 2.95. The van der Waals surface area contributed by atoms with Gasteiger partial charge in [0.05, 0.1) is 6.20 Å². The van der Waals surface area contributed by atoms with Gasteiger partial charge in [0.25, 0.3) is 0 Å². The number of hydrogen-bond donors (Lipinski definition) is 3. The highest BCUT2D eigenvalue weighted by molar-refractivity contribution is 7.91. The fourth-order valence-corrected chi connectivity index (χ4v) is 3.17. The Bertz CT molecular complexity index is 559. The van der Waals surface area contributed by atoms with Gasteiger partial charge in [-0.3, -0.25) is 5.10 Å². The summed E-state index contributed by atoms with van der Waals surface area (Å²) in [7, 11) is -3.44. The van der Waals surface area contributed by atoms with Crippen molar-refractivity contribution < 1.29 is 8.42 Å². The first-order chi connectivity index (χ1) is 7.59. The number of anilines is 1. The molecule has 0 spiro atoms. The number of sulfonamides is 1. The molecule has 16 heavy (non-hydrogen) atoms. The molecule has 2 aromatic rings. The van der Waals surface area contributed by atoms with Crippen molar-refractivity contribution in [2.75, 3.05) is 5.73 Å². The minimum absolute atomic E-state index is 0.128. The SMILES string of the molecule is Nc1[nH]ncc1CNS(=O)(=O)c1cccs1. The zero-order chi connectivity index (χ0) is 11.6. The average Bonchev–Trinajstić information content (AvgIpc) is 2.85. The van der Waals surface area contributed by atoms with Crippen LogP contribution in [-0.4, -0.2) is 18.6 Å². The molecule has 0 aromatic carbocycles. The molecule has 0 aliphatic carbocycles. The van der Waals surface area contributed by atoms with E-state index in [1.165, 1.54) is 17.5 Å². The number of nitrogens with two attached hydrogens (primary N) is 1. The van der Waals surface area contributed by atoms with Crippen LogP contribution < -0.4 is 10.5 Å². The summed E-state index contributed by atoms with van der Waals surface area (Å²) in [6.07, 6.45) is 1.49. The quantitative estimate of drug-likeness (QED) is 0.744. The molecule has 2 heterocycles. The second kappa shape index (κ2) is 4.24. The van der Waals surface area contributed by atoms with E-state index in [-0.39, 0.29) is 10.8 Å². The highest BCUT2D eigenvalue weighted by atomic mass is 32.2. The normalized spacial score (nSPS) is 11.8. The number of aromatic amines is 1. The molecule has 0 radical (unpaired) electrons. The molecule has 6 nitrogen and oxygen atoms in total. The number of aromatic nitrogens is 2. The lowest BCUT2D eigenvalue weighted by atomic mass is 10.3. The molecule has 0 saturated carbocycles. The molecule has 0 unspecified atom stereocenters. The molecular weight excluding hydrogens is 248 g/mol. The van der Waals surface area contributed by atoms with Gasteiger partial charge in [-0.25, -0.2) is 13.1 Å². The zero-order valence-corrected chi connectivity index (χ0v) is 9.81. The van der Waals surface area contributed by atoms with Gasteiger partial charge >= 0.3 is 0 Å². The molecule has 0 bridgehead atoms. The molecule has 0 aliphatic heterocycles. The molecule has 8 heteroatoms. The predicted octanol–water partition coefficient (Wildman–Crippen LogP) is 0.532. The van der Waals surface area contributed by atoms with E-state index in [1.54, 1.807) is 17.5 Å². The summed E-state index contributed by atoms with van der Waals surface area (Å²) in [5, 5.41) is 7.95. The van der Waals surface area contributed by atoms with E-state index in [0.29, 0.717) is 11.4 Å². The molecule has 4 N–H and O–H groups in total. The number of thiophene rings is 1. The van der Waals surface area contributed by atoms with Crippen molar-refractivity contribution in [2.45, 2.75) is 10.8 Å². The summed E-state index contributed by atoms with van der Waals surface area (Å²) in [6.45, 7) is 0.128. The van der Waals surface area contributed by atoms with Gasteiger partial charge in [-0.1, -0.05) is 6.07 Å². The Balaban J connectivity index is 2.09. The highest BCUT2D eigenvalue weighted by Crippen LogP contribution is 2.16. The first kappa shape index (κ1) is 11.1. The minimum atomic E-state index is -3.44. The largest absolute Gasteiger partial charge is 0.384 e. The summed E-state index contributed by atoms with van der Waals surface area (Å²) in [4.78, 5) is 0. The maximum absolute atomic E-state index is 11.7. The second-order valence-corrected chi connectivity index (χ2v) is 6.01. The monoisotopic (exact) mass is 258 g/mol. The van der Waals surface area contributed by atoms with Gasteiger partial charge in [0.1, 0.15) is 10.0 Å². The molecule has 2 rings (SSSR count). The number of nitrogen functional groups attached to an aromatic ring is 1. The summed E-state index contributed by atoms with van der Waals surface area (Å²) in [6, 6.07) is 3.23. The first-order valence-corrected chi connectivity index (χ1v) is 6.77. The fraction of sp³-hybridized carbons (Fsp3) is 0.125. The predicted molar refractivity (Wildman–Crippen MR) is 61.3 cm³/mol. The van der Waals surface area contributed by atoms with E-state index in [0.717, 1.165) is 0 Å². The summed E-state index contributed by atoms with van der Waals surface area (Å²) < 4.78 is 26.2. The lowest BCUT2D eigenvalue weighted by molar-refractivity contribution is 0.583. The van der Waals surface area contributed by atoms with Gasteiger partial charge in [-0.15, -0.1) is 11.3 Å². The van der Waals surface area contributed by atoms with Crippen LogP contribution in [0, 0.1) is 0 Å². The topological polar surface area (TPSA) is 101 Å². The fourth-order valence-electron chi connectivity index (χ4n) is 1.12. The zero-order valence-electron chi connectivity index (χ0n) is 8.17. The Hall–Kier alpha value is -1.38. The van der Waals surface area contributed by atoms with Gasteiger partial charge in [-0.2, -0.15) is 5.10 Å². The first-order valence-electron chi connectivity index (χ1n) is 4.40. The molecule has 0 atom stereocenters. The van der Waals surface area contributed by atoms with Crippen molar-refractivity contribution >= 4 is 27.2 Å². The molecule has 86 valence electrons. The summed E-state index contributed by atoms with van der Waals surface area (Å²) in [5.41, 5.74) is 6.16. The molecule has 0 saturated heterocycles. The maximum atomic E-state index is 11.7. The Morgan fingerprint density at radius 3 is 2.94 bits per heavy atom. The van der Waals surface area contributed by atoms with Gasteiger partial charge < -0.3 is 5.73 Å². The van der Waals surface area contributed by atoms with Crippen LogP contribution in [-0.2, 0) is 16.6 Å². The molecule has 2 aromatic heterocycles. The average molecular weight is 258 g/mol. The van der Waals surface area contributed by atoms with Crippen molar-refractivity contribution in [1.82, 2.24) is 14.9 Å². The van der Waals surface area contributed by atoms with Crippen molar-refractivity contribution in [3.05, 3.63) is 29.3 Å². The standard InChI is InChI=1S/C8H10N4O2S2/c9-8-6(4-10-12-8)5-11-16(13,14)7-2-1-3-15-7/h1-4,11H,5H2,(H3,9,10,12). The lowest BCUT2D eigenvalue weighted by Crippen LogP contribution is -2.22. The number of nitrogens with zero attached hydrogens (tertiary/aromatic N) is 1. The summed E-state index contributed by atoms with van der Waals surface area (Å²) in [5.74, 6) is 0.369. The number of nitrogens with one attached hydrogen (secondary N) is 2. The number of H-pyrrole nitrogens is 1. The van der Waals surface area contributed by atoms with Crippen LogP contribution in [0.3, 0.4) is 0 Å². The third-order valence-electron chi connectivity index (χ3n) is 1.96. The van der Waals surface area contributed by atoms with E-state index in [1.807, 2.05) is 0 Å². The van der Waals surface area contributed by atoms with E-state index < -0.39 is 10.0 Å². The van der Waals surface area contributed by atoms with Crippen molar-refractivity contribution in [2.24, 2.45) is 0 Å². The highest BCUT2D eigenvalue weighted by Gasteiger charge is 2.15. The number of hydrogen-bond acceptors (Lipinski definition) is 5. The van der Waals surface area contributed by atoms with Crippen LogP contribution in [0.5, 0.6) is 0 Å². The van der Waals surface area contributed by atoms with Crippen LogP contribution in [0.25, 0.3) is 0 Å². The van der Waals surface area contributed by atoms with E-state index >= 15 is 0 Å². The maximum Gasteiger partial charge on any atom is 0.250 e. The van der Waals surface area contributed by atoms with Gasteiger partial charge in [0.2, 0.25) is 10.0 Å². The van der Waals surface area contributed by atoms with E-state index in [9.17, 15) is 8.42 Å². The molecular formula is C8H10N4O2S2. The van der Waals surface area contributed by atoms with Crippen LogP contribution in [0.2, 0.25) is 0 Å². The Labute approximate surface area is 96.5 Å². The smallest absolute Gasteiger partial charge is 0.250 e. The van der Waals surface area contributed by atoms with Crippen LogP contribution in [0.1, 0.15) is 5.56 Å².